The van der Waals surface area contributed by atoms with Crippen molar-refractivity contribution in [1.82, 2.24) is 0 Å². The summed E-state index contributed by atoms with van der Waals surface area (Å²) in [5, 5.41) is 13.3. The molecule has 6 unspecified atom stereocenters. The lowest BCUT2D eigenvalue weighted by Crippen LogP contribution is -2.34. The molecular formula is C37H47O6-. The van der Waals surface area contributed by atoms with Crippen LogP contribution < -0.4 is 5.11 Å². The van der Waals surface area contributed by atoms with Gasteiger partial charge in [0.15, 0.2) is 17.3 Å². The first-order chi connectivity index (χ1) is 20.9. The Morgan fingerprint density at radius 3 is 1.81 bits per heavy atom. The van der Waals surface area contributed by atoms with Crippen molar-refractivity contribution in [3.63, 3.8) is 0 Å². The number of carbonyl (C=O) groups is 4. The van der Waals surface area contributed by atoms with Crippen LogP contribution in [0, 0.1) is 53.3 Å². The molecule has 0 aliphatic heterocycles. The van der Waals surface area contributed by atoms with Crippen molar-refractivity contribution in [3.8, 4) is 0 Å². The Morgan fingerprint density at radius 1 is 0.628 bits per heavy atom. The van der Waals surface area contributed by atoms with E-state index in [2.05, 4.69) is 0 Å². The summed E-state index contributed by atoms with van der Waals surface area (Å²) in [6.45, 7) is 0. The maximum absolute atomic E-state index is 13.3. The van der Waals surface area contributed by atoms with Crippen molar-refractivity contribution >= 4 is 23.6 Å². The van der Waals surface area contributed by atoms with Crippen molar-refractivity contribution in [2.24, 2.45) is 53.3 Å². The minimum Gasteiger partial charge on any atom is -0.875 e. The molecule has 6 aliphatic rings. The van der Waals surface area contributed by atoms with E-state index in [4.69, 9.17) is 4.74 Å². The van der Waals surface area contributed by atoms with Gasteiger partial charge in [-0.3, -0.25) is 14.4 Å². The zero-order valence-corrected chi connectivity index (χ0v) is 25.6. The van der Waals surface area contributed by atoms with E-state index in [1.165, 1.54) is 0 Å². The van der Waals surface area contributed by atoms with Crippen LogP contribution in [0.2, 0.25) is 0 Å². The molecule has 0 aromatic carbocycles. The van der Waals surface area contributed by atoms with E-state index in [0.29, 0.717) is 40.9 Å². The molecular weight excluding hydrogens is 540 g/mol. The van der Waals surface area contributed by atoms with E-state index in [1.54, 1.807) is 37.5 Å². The zero-order valence-electron chi connectivity index (χ0n) is 25.6. The molecule has 0 spiro atoms. The second-order valence-electron chi connectivity index (χ2n) is 14.4. The predicted octanol–water partition coefficient (Wildman–Crippen LogP) is 5.65. The highest BCUT2D eigenvalue weighted by Gasteiger charge is 2.49. The number of rotatable bonds is 7. The molecule has 0 N–H and O–H groups in total. The van der Waals surface area contributed by atoms with Crippen LogP contribution in [-0.4, -0.2) is 36.8 Å². The summed E-state index contributed by atoms with van der Waals surface area (Å²) in [7, 11) is 1.79. The topological polar surface area (TPSA) is 101 Å². The molecule has 6 rings (SSSR count). The largest absolute Gasteiger partial charge is 0.875 e. The van der Waals surface area contributed by atoms with Crippen molar-refractivity contribution in [1.29, 1.82) is 0 Å². The third-order valence-corrected chi connectivity index (χ3v) is 12.3. The minimum absolute atomic E-state index is 0.00675. The molecule has 0 amide bonds. The normalized spacial score (nSPS) is 41.4. The Hall–Kier alpha value is -2.60. The first kappa shape index (κ1) is 30.4. The van der Waals surface area contributed by atoms with Gasteiger partial charge in [-0.1, -0.05) is 24.3 Å². The summed E-state index contributed by atoms with van der Waals surface area (Å²) in [5.41, 5.74) is 0.602. The monoisotopic (exact) mass is 587 g/mol. The van der Waals surface area contributed by atoms with Crippen molar-refractivity contribution in [2.45, 2.75) is 96.0 Å². The summed E-state index contributed by atoms with van der Waals surface area (Å²) >= 11 is 0. The number of methoxy groups -OCH3 is 1. The van der Waals surface area contributed by atoms with Crippen molar-refractivity contribution in [2.75, 3.05) is 7.11 Å². The first-order valence-electron chi connectivity index (χ1n) is 17.0. The van der Waals surface area contributed by atoms with Crippen LogP contribution in [-0.2, 0) is 23.9 Å². The van der Waals surface area contributed by atoms with E-state index < -0.39 is 0 Å². The van der Waals surface area contributed by atoms with Gasteiger partial charge < -0.3 is 14.6 Å². The number of hydrogen-bond acceptors (Lipinski definition) is 6. The van der Waals surface area contributed by atoms with Gasteiger partial charge in [-0.05, 0) is 126 Å². The maximum Gasteiger partial charge on any atom is 0.170 e. The highest BCUT2D eigenvalue weighted by Crippen LogP contribution is 2.49. The summed E-state index contributed by atoms with van der Waals surface area (Å²) in [6, 6.07) is 0. The number of Topliss-reactive ketones (excluding diaryl/α,β-unsaturated/α-hetero) is 3. The third kappa shape index (κ3) is 6.06. The number of aldehydes is 1. The van der Waals surface area contributed by atoms with E-state index in [1.807, 2.05) is 0 Å². The van der Waals surface area contributed by atoms with Crippen LogP contribution in [0.1, 0.15) is 89.9 Å². The lowest BCUT2D eigenvalue weighted by atomic mass is 9.66. The molecule has 6 aliphatic carbocycles. The molecule has 43 heavy (non-hydrogen) atoms. The lowest BCUT2D eigenvalue weighted by Gasteiger charge is -2.40. The molecule has 5 saturated carbocycles. The van der Waals surface area contributed by atoms with Gasteiger partial charge in [-0.2, -0.15) is 0 Å². The van der Waals surface area contributed by atoms with Gasteiger partial charge in [0, 0.05) is 36.4 Å². The number of ketones is 3. The molecule has 6 atom stereocenters. The molecule has 0 radical (unpaired) electrons. The van der Waals surface area contributed by atoms with Gasteiger partial charge in [0.1, 0.15) is 6.29 Å². The van der Waals surface area contributed by atoms with Crippen LogP contribution in [0.5, 0.6) is 0 Å². The Morgan fingerprint density at radius 2 is 1.19 bits per heavy atom. The summed E-state index contributed by atoms with van der Waals surface area (Å²) in [5.74, 6) is 1.51. The number of hydrogen-bond donors (Lipinski definition) is 0. The Bertz CT molecular complexity index is 1220. The Kier molecular flexibility index (Phi) is 9.32. The average molecular weight is 588 g/mol. The first-order valence-corrected chi connectivity index (χ1v) is 17.0. The fraction of sp³-hybridized carbons (Fsp3) is 0.676. The lowest BCUT2D eigenvalue weighted by molar-refractivity contribution is -0.317. The van der Waals surface area contributed by atoms with Crippen molar-refractivity contribution in [3.05, 3.63) is 47.3 Å². The average Bonchev–Trinajstić information content (AvgIpc) is 3.43. The quantitative estimate of drug-likeness (QED) is 0.165. The molecule has 0 aromatic heterocycles. The highest BCUT2D eigenvalue weighted by molar-refractivity contribution is 6.27. The fourth-order valence-corrected chi connectivity index (χ4v) is 9.76. The molecule has 0 heterocycles. The Labute approximate surface area is 256 Å². The van der Waals surface area contributed by atoms with Crippen LogP contribution in [0.25, 0.3) is 0 Å². The van der Waals surface area contributed by atoms with Crippen molar-refractivity contribution < 1.29 is 29.0 Å². The molecule has 0 aromatic rings. The minimum atomic E-state index is -0.211. The third-order valence-electron chi connectivity index (χ3n) is 12.3. The van der Waals surface area contributed by atoms with Gasteiger partial charge >= 0.3 is 0 Å². The second-order valence-corrected chi connectivity index (χ2v) is 14.4. The van der Waals surface area contributed by atoms with Crippen LogP contribution >= 0.6 is 0 Å². The van der Waals surface area contributed by atoms with Gasteiger partial charge in [-0.25, -0.2) is 0 Å². The van der Waals surface area contributed by atoms with Crippen LogP contribution in [0.15, 0.2) is 47.3 Å². The number of fused-ring (bicyclic) bond motifs is 2. The fourth-order valence-electron chi connectivity index (χ4n) is 9.76. The van der Waals surface area contributed by atoms with Gasteiger partial charge in [0.25, 0.3) is 0 Å². The highest BCUT2D eigenvalue weighted by atomic mass is 16.5. The zero-order chi connectivity index (χ0) is 30.1. The molecule has 5 fully saturated rings. The Balaban J connectivity index is 1.05. The van der Waals surface area contributed by atoms with Crippen LogP contribution in [0.4, 0.5) is 0 Å². The predicted molar refractivity (Wildman–Crippen MR) is 161 cm³/mol. The number of ether oxygens (including phenoxy) is 1. The maximum atomic E-state index is 13.3. The summed E-state index contributed by atoms with van der Waals surface area (Å²) in [6.07, 6.45) is 23.5. The molecule has 6 heteroatoms. The smallest absolute Gasteiger partial charge is 0.170 e. The molecule has 0 bridgehead atoms. The van der Waals surface area contributed by atoms with Crippen LogP contribution in [0.3, 0.4) is 0 Å². The van der Waals surface area contributed by atoms with Gasteiger partial charge in [0.05, 0.1) is 11.7 Å². The van der Waals surface area contributed by atoms with Gasteiger partial charge in [-0.15, -0.1) is 5.76 Å². The van der Waals surface area contributed by atoms with E-state index in [0.717, 1.165) is 96.2 Å². The van der Waals surface area contributed by atoms with Gasteiger partial charge in [0.2, 0.25) is 0 Å². The molecule has 6 nitrogen and oxygen atoms in total. The number of allylic oxidation sites excluding steroid dienone is 8. The molecule has 0 saturated heterocycles. The van der Waals surface area contributed by atoms with E-state index >= 15 is 0 Å². The second kappa shape index (κ2) is 13.2. The summed E-state index contributed by atoms with van der Waals surface area (Å²) in [4.78, 5) is 50.6. The molecule has 232 valence electrons. The summed E-state index contributed by atoms with van der Waals surface area (Å²) < 4.78 is 5.53. The number of carbonyl (C=O) groups excluding carboxylic acids is 4. The van der Waals surface area contributed by atoms with E-state index in [-0.39, 0.29) is 52.7 Å². The van der Waals surface area contributed by atoms with E-state index in [9.17, 15) is 24.3 Å². The standard InChI is InChI=1S/C37H48O6/c1-43-27-15-11-24(12-16-27)26-14-18-29-33(20-26)37(42)31(35(29)40)6-4-2-3-5-30-34(39)28-17-13-25(19-32(28)36(30)41)23-9-7-22(21-38)8-10-23/h2-6,21-29,32-33,42H,7-20H2,1H3/p-1. The SMILES string of the molecule is COC1CCC(C2CCC3C(=O)C(C=CC=CC=C4C(=O)C5CCC(C6CCC(C=O)CC6)CC5C4=O)=C([O-])C3C2)CC1.